The van der Waals surface area contributed by atoms with Gasteiger partial charge in [-0.2, -0.15) is 0 Å². The van der Waals surface area contributed by atoms with Crippen molar-refractivity contribution < 1.29 is 4.39 Å². The molecule has 1 nitrogen and oxygen atoms in total. The van der Waals surface area contributed by atoms with Crippen LogP contribution < -0.4 is 4.90 Å². The summed E-state index contributed by atoms with van der Waals surface area (Å²) in [6.45, 7) is 3.10. The Morgan fingerprint density at radius 3 is 2.90 bits per heavy atom. The fourth-order valence-electron chi connectivity index (χ4n) is 2.87. The van der Waals surface area contributed by atoms with Gasteiger partial charge in [-0.25, -0.2) is 4.39 Å². The largest absolute Gasteiger partial charge is 0.364 e. The number of nitrogens with zero attached hydrogens (tertiary/aromatic N) is 1. The lowest BCUT2D eigenvalue weighted by Crippen LogP contribution is -2.36. The molecule has 0 fully saturated rings. The zero-order chi connectivity index (χ0) is 14.1. The number of hydrogen-bond donors (Lipinski definition) is 0. The fourth-order valence-corrected chi connectivity index (χ4v) is 3.31. The zero-order valence-corrected chi connectivity index (χ0v) is 13.0. The van der Waals surface area contributed by atoms with Crippen LogP contribution in [0.2, 0.25) is 0 Å². The summed E-state index contributed by atoms with van der Waals surface area (Å²) < 4.78 is 14.5. The van der Waals surface area contributed by atoms with Crippen LogP contribution in [0.4, 0.5) is 10.1 Å². The molecule has 1 heterocycles. The second-order valence-corrected chi connectivity index (χ2v) is 6.33. The monoisotopic (exact) mass is 333 g/mol. The van der Waals surface area contributed by atoms with Gasteiger partial charge in [-0.3, -0.25) is 0 Å². The van der Waals surface area contributed by atoms with Crippen LogP contribution in [-0.2, 0) is 13.0 Å². The molecule has 2 aromatic rings. The number of hydrogen-bond acceptors (Lipinski definition) is 1. The molecule has 104 valence electrons. The van der Waals surface area contributed by atoms with Gasteiger partial charge in [0.05, 0.1) is 0 Å². The third-order valence-electron chi connectivity index (χ3n) is 3.96. The Hall–Kier alpha value is -1.35. The molecule has 0 amide bonds. The molecular weight excluding hydrogens is 317 g/mol. The standard InChI is InChI=1S/C17H17BrFN/c1-12-5-6-14-10-16(19)7-8-17(14)20(12)11-13-3-2-4-15(18)9-13/h2-4,7-10,12H,5-6,11H2,1H3. The van der Waals surface area contributed by atoms with Crippen molar-refractivity contribution in [1.82, 2.24) is 0 Å². The second-order valence-electron chi connectivity index (χ2n) is 5.42. The maximum absolute atomic E-state index is 13.4. The van der Waals surface area contributed by atoms with Crippen LogP contribution in [0.25, 0.3) is 0 Å². The van der Waals surface area contributed by atoms with Gasteiger partial charge in [-0.15, -0.1) is 0 Å². The van der Waals surface area contributed by atoms with Crippen molar-refractivity contribution in [2.45, 2.75) is 32.4 Å². The number of fused-ring (bicyclic) bond motifs is 1. The first-order chi connectivity index (χ1) is 9.63. The van der Waals surface area contributed by atoms with Crippen molar-refractivity contribution in [3.05, 3.63) is 63.9 Å². The maximum Gasteiger partial charge on any atom is 0.123 e. The van der Waals surface area contributed by atoms with Crippen molar-refractivity contribution in [1.29, 1.82) is 0 Å². The average molecular weight is 334 g/mol. The molecule has 0 N–H and O–H groups in total. The Balaban J connectivity index is 1.93. The highest BCUT2D eigenvalue weighted by molar-refractivity contribution is 9.10. The Kier molecular flexibility index (Phi) is 3.79. The molecule has 0 bridgehead atoms. The van der Waals surface area contributed by atoms with Crippen molar-refractivity contribution in [2.24, 2.45) is 0 Å². The van der Waals surface area contributed by atoms with Crippen LogP contribution >= 0.6 is 15.9 Å². The average Bonchev–Trinajstić information content (AvgIpc) is 2.42. The molecule has 0 saturated carbocycles. The summed E-state index contributed by atoms with van der Waals surface area (Å²) in [5.74, 6) is -0.138. The highest BCUT2D eigenvalue weighted by atomic mass is 79.9. The lowest BCUT2D eigenvalue weighted by molar-refractivity contribution is 0.554. The quantitative estimate of drug-likeness (QED) is 0.753. The van der Waals surface area contributed by atoms with Crippen molar-refractivity contribution in [3.63, 3.8) is 0 Å². The smallest absolute Gasteiger partial charge is 0.123 e. The molecule has 1 unspecified atom stereocenters. The van der Waals surface area contributed by atoms with Gasteiger partial charge in [-0.1, -0.05) is 28.1 Å². The third-order valence-corrected chi connectivity index (χ3v) is 4.45. The van der Waals surface area contributed by atoms with Crippen LogP contribution in [0, 0.1) is 5.82 Å². The molecule has 1 aliphatic heterocycles. The summed E-state index contributed by atoms with van der Waals surface area (Å²) >= 11 is 3.52. The molecular formula is C17H17BrFN. The van der Waals surface area contributed by atoms with E-state index in [-0.39, 0.29) is 5.82 Å². The maximum atomic E-state index is 13.4. The van der Waals surface area contributed by atoms with Crippen molar-refractivity contribution in [2.75, 3.05) is 4.90 Å². The first kappa shape index (κ1) is 13.6. The molecule has 0 saturated heterocycles. The highest BCUT2D eigenvalue weighted by Crippen LogP contribution is 2.32. The predicted molar refractivity (Wildman–Crippen MR) is 84.5 cm³/mol. The van der Waals surface area contributed by atoms with E-state index in [9.17, 15) is 4.39 Å². The summed E-state index contributed by atoms with van der Waals surface area (Å²) in [7, 11) is 0. The van der Waals surface area contributed by atoms with Gasteiger partial charge in [0.15, 0.2) is 0 Å². The molecule has 3 rings (SSSR count). The number of benzene rings is 2. The predicted octanol–water partition coefficient (Wildman–Crippen LogP) is 4.93. The van der Waals surface area contributed by atoms with Gasteiger partial charge in [0.25, 0.3) is 0 Å². The van der Waals surface area contributed by atoms with E-state index in [0.717, 1.165) is 29.4 Å². The minimum atomic E-state index is -0.138. The lowest BCUT2D eigenvalue weighted by atomic mass is 9.96. The first-order valence-corrected chi connectivity index (χ1v) is 7.72. The molecule has 0 aliphatic carbocycles. The van der Waals surface area contributed by atoms with Gasteiger partial charge in [0, 0.05) is 22.7 Å². The minimum absolute atomic E-state index is 0.138. The van der Waals surface area contributed by atoms with Crippen LogP contribution in [0.15, 0.2) is 46.9 Å². The van der Waals surface area contributed by atoms with E-state index in [0.29, 0.717) is 6.04 Å². The fraction of sp³-hybridized carbons (Fsp3) is 0.294. The molecule has 1 atom stereocenters. The van der Waals surface area contributed by atoms with Crippen LogP contribution in [-0.4, -0.2) is 6.04 Å². The molecule has 20 heavy (non-hydrogen) atoms. The van der Waals surface area contributed by atoms with E-state index in [2.05, 4.69) is 46.0 Å². The summed E-state index contributed by atoms with van der Waals surface area (Å²) in [5, 5.41) is 0. The van der Waals surface area contributed by atoms with E-state index < -0.39 is 0 Å². The molecule has 0 aromatic heterocycles. The number of aryl methyl sites for hydroxylation is 1. The zero-order valence-electron chi connectivity index (χ0n) is 11.4. The highest BCUT2D eigenvalue weighted by Gasteiger charge is 2.23. The number of anilines is 1. The Labute approximate surface area is 127 Å². The summed E-state index contributed by atoms with van der Waals surface area (Å²) in [6.07, 6.45) is 2.04. The van der Waals surface area contributed by atoms with Crippen LogP contribution in [0.3, 0.4) is 0 Å². The van der Waals surface area contributed by atoms with Crippen molar-refractivity contribution in [3.8, 4) is 0 Å². The summed E-state index contributed by atoms with van der Waals surface area (Å²) in [5.41, 5.74) is 3.56. The van der Waals surface area contributed by atoms with Gasteiger partial charge in [0.2, 0.25) is 0 Å². The van der Waals surface area contributed by atoms with Crippen LogP contribution in [0.1, 0.15) is 24.5 Å². The van der Waals surface area contributed by atoms with Gasteiger partial charge in [-0.05, 0) is 61.2 Å². The van der Waals surface area contributed by atoms with Gasteiger partial charge < -0.3 is 4.90 Å². The Morgan fingerprint density at radius 2 is 2.10 bits per heavy atom. The number of halogens is 2. The Morgan fingerprint density at radius 1 is 1.25 bits per heavy atom. The lowest BCUT2D eigenvalue weighted by Gasteiger charge is -2.37. The minimum Gasteiger partial charge on any atom is -0.364 e. The molecule has 1 aliphatic rings. The van der Waals surface area contributed by atoms with E-state index in [1.54, 1.807) is 12.1 Å². The molecule has 2 aromatic carbocycles. The summed E-state index contributed by atoms with van der Waals surface area (Å²) in [6, 6.07) is 14.0. The molecule has 3 heteroatoms. The number of rotatable bonds is 2. The van der Waals surface area contributed by atoms with Crippen LogP contribution in [0.5, 0.6) is 0 Å². The van der Waals surface area contributed by atoms with E-state index in [1.165, 1.54) is 11.3 Å². The van der Waals surface area contributed by atoms with E-state index >= 15 is 0 Å². The SMILES string of the molecule is CC1CCc2cc(F)ccc2N1Cc1cccc(Br)c1. The summed E-state index contributed by atoms with van der Waals surface area (Å²) in [4.78, 5) is 2.38. The Bertz CT molecular complexity index is 626. The molecule has 0 spiro atoms. The third kappa shape index (κ3) is 2.73. The van der Waals surface area contributed by atoms with E-state index in [1.807, 2.05) is 12.1 Å². The van der Waals surface area contributed by atoms with E-state index in [4.69, 9.17) is 0 Å². The normalized spacial score (nSPS) is 17.9. The first-order valence-electron chi connectivity index (χ1n) is 6.93. The van der Waals surface area contributed by atoms with Gasteiger partial charge in [0.1, 0.15) is 5.82 Å². The topological polar surface area (TPSA) is 3.24 Å². The van der Waals surface area contributed by atoms with Crippen molar-refractivity contribution >= 4 is 21.6 Å². The van der Waals surface area contributed by atoms with Gasteiger partial charge >= 0.3 is 0 Å². The second kappa shape index (κ2) is 5.57. The molecule has 0 radical (unpaired) electrons.